The van der Waals surface area contributed by atoms with Crippen molar-refractivity contribution in [1.82, 2.24) is 35.1 Å². The maximum absolute atomic E-state index is 16.0. The van der Waals surface area contributed by atoms with Crippen molar-refractivity contribution in [3.8, 4) is 0 Å². The third-order valence-electron chi connectivity index (χ3n) is 7.68. The number of halogens is 3. The van der Waals surface area contributed by atoms with E-state index < -0.39 is 29.4 Å². The van der Waals surface area contributed by atoms with E-state index in [9.17, 15) is 13.6 Å². The average molecular weight is 525 g/mol. The van der Waals surface area contributed by atoms with Crippen LogP contribution in [0, 0.1) is 17.5 Å². The van der Waals surface area contributed by atoms with Gasteiger partial charge in [-0.15, -0.1) is 10.2 Å². The number of anilines is 1. The molecule has 0 bridgehead atoms. The maximum Gasteiger partial charge on any atom is 0.255 e. The first-order chi connectivity index (χ1) is 18.4. The van der Waals surface area contributed by atoms with Gasteiger partial charge in [0.05, 0.1) is 30.5 Å². The molecule has 1 saturated heterocycles. The number of benzene rings is 1. The number of hydrogen-bond acceptors (Lipinski definition) is 6. The number of amides is 1. The zero-order valence-electron chi connectivity index (χ0n) is 20.8. The SMILES string of the molecule is Cn1nnc(C2CCC(NC(=O)c3cnn4ccc(N5CCC[C@@H]5c5cc(F)ccc5F)c(F)c34)CC2)n1. The van der Waals surface area contributed by atoms with E-state index in [0.717, 1.165) is 37.8 Å². The number of carbonyl (C=O) groups is 1. The Labute approximate surface area is 216 Å². The van der Waals surface area contributed by atoms with E-state index >= 15 is 4.39 Å². The molecule has 0 radical (unpaired) electrons. The molecule has 1 amide bonds. The van der Waals surface area contributed by atoms with E-state index in [2.05, 4.69) is 25.8 Å². The van der Waals surface area contributed by atoms with Crippen LogP contribution in [-0.2, 0) is 7.05 Å². The summed E-state index contributed by atoms with van der Waals surface area (Å²) in [5, 5.41) is 19.5. The third kappa shape index (κ3) is 4.37. The van der Waals surface area contributed by atoms with E-state index in [-0.39, 0.29) is 34.3 Å². The smallest absolute Gasteiger partial charge is 0.255 e. The fourth-order valence-corrected chi connectivity index (χ4v) is 5.79. The minimum absolute atomic E-state index is 0.0582. The zero-order valence-corrected chi connectivity index (χ0v) is 20.8. The van der Waals surface area contributed by atoms with Gasteiger partial charge in [0.25, 0.3) is 5.91 Å². The Morgan fingerprint density at radius 2 is 1.89 bits per heavy atom. The first kappa shape index (κ1) is 24.4. The number of aromatic nitrogens is 6. The number of rotatable bonds is 5. The van der Waals surface area contributed by atoms with Crippen molar-refractivity contribution in [3.63, 3.8) is 0 Å². The molecule has 1 saturated carbocycles. The van der Waals surface area contributed by atoms with Crippen molar-refractivity contribution in [2.45, 2.75) is 56.5 Å². The van der Waals surface area contributed by atoms with Gasteiger partial charge >= 0.3 is 0 Å². The van der Waals surface area contributed by atoms with Crippen molar-refractivity contribution in [2.24, 2.45) is 7.05 Å². The zero-order chi connectivity index (χ0) is 26.4. The van der Waals surface area contributed by atoms with Gasteiger partial charge in [0.1, 0.15) is 17.2 Å². The Morgan fingerprint density at radius 1 is 1.08 bits per heavy atom. The number of aryl methyl sites for hydroxylation is 1. The van der Waals surface area contributed by atoms with Crippen LogP contribution in [0.15, 0.2) is 36.7 Å². The van der Waals surface area contributed by atoms with Crippen LogP contribution in [-0.4, -0.2) is 48.3 Å². The van der Waals surface area contributed by atoms with E-state index in [4.69, 9.17) is 0 Å². The first-order valence-electron chi connectivity index (χ1n) is 12.8. The minimum Gasteiger partial charge on any atom is -0.362 e. The van der Waals surface area contributed by atoms with Gasteiger partial charge in [-0.2, -0.15) is 9.90 Å². The lowest BCUT2D eigenvalue weighted by Crippen LogP contribution is -2.37. The normalized spacial score (nSPS) is 21.8. The van der Waals surface area contributed by atoms with Gasteiger partial charge in [0.15, 0.2) is 11.6 Å². The monoisotopic (exact) mass is 524 g/mol. The van der Waals surface area contributed by atoms with Crippen LogP contribution in [0.3, 0.4) is 0 Å². The summed E-state index contributed by atoms with van der Waals surface area (Å²) in [6.07, 6.45) is 7.33. The number of fused-ring (bicyclic) bond motifs is 1. The summed E-state index contributed by atoms with van der Waals surface area (Å²) in [5.74, 6) is -1.17. The van der Waals surface area contributed by atoms with Gasteiger partial charge in [-0.3, -0.25) is 4.79 Å². The summed E-state index contributed by atoms with van der Waals surface area (Å²) >= 11 is 0. The second kappa shape index (κ2) is 9.73. The van der Waals surface area contributed by atoms with Gasteiger partial charge < -0.3 is 10.2 Å². The third-order valence-corrected chi connectivity index (χ3v) is 7.68. The highest BCUT2D eigenvalue weighted by Crippen LogP contribution is 2.39. The van der Waals surface area contributed by atoms with Crippen molar-refractivity contribution in [2.75, 3.05) is 11.4 Å². The molecule has 2 fully saturated rings. The largest absolute Gasteiger partial charge is 0.362 e. The summed E-state index contributed by atoms with van der Waals surface area (Å²) in [4.78, 5) is 16.4. The van der Waals surface area contributed by atoms with Crippen LogP contribution in [0.5, 0.6) is 0 Å². The van der Waals surface area contributed by atoms with E-state index in [1.54, 1.807) is 24.2 Å². The molecule has 4 heterocycles. The van der Waals surface area contributed by atoms with Crippen LogP contribution >= 0.6 is 0 Å². The van der Waals surface area contributed by atoms with Crippen LogP contribution < -0.4 is 10.2 Å². The molecule has 1 aromatic carbocycles. The summed E-state index contributed by atoms with van der Waals surface area (Å²) in [6, 6.07) is 4.33. The van der Waals surface area contributed by atoms with Crippen LogP contribution in [0.2, 0.25) is 0 Å². The molecule has 198 valence electrons. The van der Waals surface area contributed by atoms with Gasteiger partial charge in [-0.05, 0) is 68.0 Å². The van der Waals surface area contributed by atoms with Crippen molar-refractivity contribution in [3.05, 3.63) is 71.1 Å². The van der Waals surface area contributed by atoms with E-state index in [0.29, 0.717) is 25.2 Å². The Balaban J connectivity index is 1.22. The molecule has 12 heteroatoms. The molecule has 1 aliphatic heterocycles. The molecule has 3 aromatic heterocycles. The molecule has 1 aliphatic carbocycles. The molecule has 4 aromatic rings. The molecule has 0 spiro atoms. The summed E-state index contributed by atoms with van der Waals surface area (Å²) in [5.41, 5.74) is 0.619. The fraction of sp³-hybridized carbons (Fsp3) is 0.423. The van der Waals surface area contributed by atoms with Gasteiger partial charge in [0, 0.05) is 30.3 Å². The highest BCUT2D eigenvalue weighted by atomic mass is 19.1. The Kier molecular flexibility index (Phi) is 6.24. The van der Waals surface area contributed by atoms with Crippen molar-refractivity contribution < 1.29 is 18.0 Å². The molecule has 1 N–H and O–H groups in total. The quantitative estimate of drug-likeness (QED) is 0.423. The molecule has 1 atom stereocenters. The maximum atomic E-state index is 16.0. The lowest BCUT2D eigenvalue weighted by molar-refractivity contribution is 0.0927. The lowest BCUT2D eigenvalue weighted by Gasteiger charge is -2.28. The van der Waals surface area contributed by atoms with Gasteiger partial charge in [-0.1, -0.05) is 0 Å². The molecule has 38 heavy (non-hydrogen) atoms. The van der Waals surface area contributed by atoms with Crippen LogP contribution in [0.4, 0.5) is 18.9 Å². The van der Waals surface area contributed by atoms with Gasteiger partial charge in [0.2, 0.25) is 0 Å². The second-order valence-corrected chi connectivity index (χ2v) is 10.0. The number of carbonyl (C=O) groups excluding carboxylic acids is 1. The molecule has 0 unspecified atom stereocenters. The summed E-state index contributed by atoms with van der Waals surface area (Å²) in [7, 11) is 1.73. The fourth-order valence-electron chi connectivity index (χ4n) is 5.79. The van der Waals surface area contributed by atoms with Crippen LogP contribution in [0.1, 0.15) is 72.2 Å². The number of nitrogens with zero attached hydrogens (tertiary/aromatic N) is 7. The minimum atomic E-state index is -0.615. The Hall–Kier alpha value is -3.96. The second-order valence-electron chi connectivity index (χ2n) is 10.0. The number of hydrogen-bond donors (Lipinski definition) is 1. The number of nitrogens with one attached hydrogen (secondary N) is 1. The van der Waals surface area contributed by atoms with E-state index in [1.807, 2.05) is 0 Å². The summed E-state index contributed by atoms with van der Waals surface area (Å²) < 4.78 is 45.8. The van der Waals surface area contributed by atoms with Crippen molar-refractivity contribution in [1.29, 1.82) is 0 Å². The van der Waals surface area contributed by atoms with E-state index in [1.165, 1.54) is 21.6 Å². The Bertz CT molecular complexity index is 1490. The topological polar surface area (TPSA) is 93.2 Å². The average Bonchev–Trinajstić information content (AvgIpc) is 3.66. The Morgan fingerprint density at radius 3 is 2.66 bits per heavy atom. The summed E-state index contributed by atoms with van der Waals surface area (Å²) in [6.45, 7) is 0.479. The lowest BCUT2D eigenvalue weighted by atomic mass is 9.85. The highest BCUT2D eigenvalue weighted by molar-refractivity contribution is 6.01. The standard InChI is InChI=1S/C26H27F3N8O/c1-35-33-25(32-34-35)15-4-7-17(8-5-15)31-26(38)19-14-30-37-12-10-22(23(29)24(19)37)36-11-2-3-21(36)18-13-16(27)6-9-20(18)28/h6,9-10,12-15,17,21H,2-5,7-8,11H2,1H3,(H,31,38)/t15?,17?,21-/m1/s1. The van der Waals surface area contributed by atoms with Gasteiger partial charge in [-0.25, -0.2) is 17.7 Å². The molecular weight excluding hydrogens is 497 g/mol. The first-order valence-corrected chi connectivity index (χ1v) is 12.8. The predicted octanol–water partition coefficient (Wildman–Crippen LogP) is 4.07. The van der Waals surface area contributed by atoms with Crippen LogP contribution in [0.25, 0.3) is 5.52 Å². The number of tetrazole rings is 1. The predicted molar refractivity (Wildman–Crippen MR) is 132 cm³/mol. The molecule has 2 aliphatic rings. The highest BCUT2D eigenvalue weighted by Gasteiger charge is 2.32. The molecular formula is C26H27F3N8O. The molecule has 9 nitrogen and oxygen atoms in total. The van der Waals surface area contributed by atoms with Crippen molar-refractivity contribution >= 4 is 17.1 Å². The molecule has 6 rings (SSSR count). The number of pyridine rings is 1.